The number of esters is 2. The van der Waals surface area contributed by atoms with Crippen LogP contribution >= 0.6 is 0 Å². The lowest BCUT2D eigenvalue weighted by Gasteiger charge is -1.90. The highest BCUT2D eigenvalue weighted by atomic mass is 16.6. The summed E-state index contributed by atoms with van der Waals surface area (Å²) < 4.78 is 4.46. The zero-order valence-corrected chi connectivity index (χ0v) is 7.16. The van der Waals surface area contributed by atoms with E-state index in [1.165, 1.54) is 0 Å². The second-order valence-corrected chi connectivity index (χ2v) is 3.09. The highest BCUT2D eigenvalue weighted by molar-refractivity contribution is 6.18. The molecule has 1 heterocycles. The lowest BCUT2D eigenvalue weighted by atomic mass is 10.1. The van der Waals surface area contributed by atoms with Crippen LogP contribution in [0.2, 0.25) is 0 Å². The second kappa shape index (κ2) is 2.69. The molecule has 0 atom stereocenters. The van der Waals surface area contributed by atoms with Crippen LogP contribution in [0.25, 0.3) is 0 Å². The third-order valence-electron chi connectivity index (χ3n) is 2.08. The third-order valence-corrected chi connectivity index (χ3v) is 2.08. The van der Waals surface area contributed by atoms with Crippen LogP contribution in [0.4, 0.5) is 0 Å². The first-order valence-electron chi connectivity index (χ1n) is 4.03. The Morgan fingerprint density at radius 2 is 1.85 bits per heavy atom. The van der Waals surface area contributed by atoms with Crippen molar-refractivity contribution in [2.24, 2.45) is 0 Å². The maximum absolute atomic E-state index is 11.1. The van der Waals surface area contributed by atoms with Crippen LogP contribution in [-0.4, -0.2) is 11.9 Å². The molecule has 0 aromatic carbocycles. The quantitative estimate of drug-likeness (QED) is 0.412. The number of rotatable bonds is 0. The van der Waals surface area contributed by atoms with Crippen molar-refractivity contribution in [3.8, 4) is 0 Å². The zero-order valence-electron chi connectivity index (χ0n) is 7.16. The van der Waals surface area contributed by atoms with Gasteiger partial charge in [-0.05, 0) is 19.4 Å². The molecule has 13 heavy (non-hydrogen) atoms. The van der Waals surface area contributed by atoms with Gasteiger partial charge in [0, 0.05) is 0 Å². The molecular formula is C10H8O3. The van der Waals surface area contributed by atoms with Crippen molar-refractivity contribution >= 4 is 11.9 Å². The molecule has 1 aliphatic heterocycles. The summed E-state index contributed by atoms with van der Waals surface area (Å²) >= 11 is 0. The largest absolute Gasteiger partial charge is 0.386 e. The number of allylic oxidation sites excluding steroid dienone is 4. The summed E-state index contributed by atoms with van der Waals surface area (Å²) in [6, 6.07) is 0. The zero-order chi connectivity index (χ0) is 9.42. The van der Waals surface area contributed by atoms with Crippen LogP contribution in [0.5, 0.6) is 0 Å². The molecule has 0 saturated carbocycles. The first kappa shape index (κ1) is 7.98. The molecule has 66 valence electrons. The normalized spacial score (nSPS) is 21.2. The first-order valence-corrected chi connectivity index (χ1v) is 4.03. The summed E-state index contributed by atoms with van der Waals surface area (Å²) in [5.41, 5.74) is 1.90. The predicted octanol–water partition coefficient (Wildman–Crippen LogP) is 1.27. The average Bonchev–Trinajstić information content (AvgIpc) is 2.27. The van der Waals surface area contributed by atoms with Crippen molar-refractivity contribution in [1.29, 1.82) is 0 Å². The molecule has 3 nitrogen and oxygen atoms in total. The van der Waals surface area contributed by atoms with Crippen molar-refractivity contribution in [3.63, 3.8) is 0 Å². The van der Waals surface area contributed by atoms with E-state index in [0.29, 0.717) is 17.6 Å². The second-order valence-electron chi connectivity index (χ2n) is 3.09. The molecule has 0 radical (unpaired) electrons. The maximum Gasteiger partial charge on any atom is 0.346 e. The molecule has 0 spiro atoms. The molecule has 0 aromatic rings. The van der Waals surface area contributed by atoms with Gasteiger partial charge >= 0.3 is 11.9 Å². The fraction of sp³-hybridized carbons (Fsp3) is 0.200. The molecule has 1 saturated heterocycles. The molecule has 0 amide bonds. The van der Waals surface area contributed by atoms with Gasteiger partial charge < -0.3 is 4.74 Å². The van der Waals surface area contributed by atoms with Crippen LogP contribution < -0.4 is 0 Å². The first-order chi connectivity index (χ1) is 6.18. The Bertz CT molecular complexity index is 383. The highest BCUT2D eigenvalue weighted by Crippen LogP contribution is 2.25. The number of ether oxygens (including phenoxy) is 1. The summed E-state index contributed by atoms with van der Waals surface area (Å²) in [6.07, 6.45) is 5.90. The lowest BCUT2D eigenvalue weighted by Crippen LogP contribution is -1.97. The van der Waals surface area contributed by atoms with E-state index in [0.717, 1.165) is 5.57 Å². The Labute approximate surface area is 75.4 Å². The minimum absolute atomic E-state index is 0.377. The number of fused-ring (bicyclic) bond motifs is 1. The fourth-order valence-corrected chi connectivity index (χ4v) is 1.32. The Morgan fingerprint density at radius 3 is 2.62 bits per heavy atom. The van der Waals surface area contributed by atoms with Crippen molar-refractivity contribution in [1.82, 2.24) is 0 Å². The summed E-state index contributed by atoms with van der Waals surface area (Å²) in [5.74, 6) is -1.07. The molecule has 3 heteroatoms. The van der Waals surface area contributed by atoms with E-state index < -0.39 is 11.9 Å². The molecule has 2 rings (SSSR count). The van der Waals surface area contributed by atoms with Crippen molar-refractivity contribution in [2.75, 3.05) is 0 Å². The summed E-state index contributed by atoms with van der Waals surface area (Å²) in [7, 11) is 0. The molecule has 2 aliphatic rings. The summed E-state index contributed by atoms with van der Waals surface area (Å²) in [6.45, 7) is 1.95. The number of carbonyl (C=O) groups is 2. The lowest BCUT2D eigenvalue weighted by molar-refractivity contribution is -0.149. The molecular weight excluding hydrogens is 168 g/mol. The topological polar surface area (TPSA) is 43.4 Å². The van der Waals surface area contributed by atoms with E-state index in [1.807, 2.05) is 13.0 Å². The summed E-state index contributed by atoms with van der Waals surface area (Å²) in [5, 5.41) is 0. The van der Waals surface area contributed by atoms with Crippen LogP contribution in [-0.2, 0) is 14.3 Å². The van der Waals surface area contributed by atoms with Gasteiger partial charge in [-0.3, -0.25) is 0 Å². The van der Waals surface area contributed by atoms with E-state index in [9.17, 15) is 9.59 Å². The van der Waals surface area contributed by atoms with Crippen molar-refractivity contribution in [2.45, 2.75) is 13.3 Å². The fourth-order valence-electron chi connectivity index (χ4n) is 1.32. The van der Waals surface area contributed by atoms with E-state index in [4.69, 9.17) is 0 Å². The van der Waals surface area contributed by atoms with Crippen molar-refractivity contribution in [3.05, 3.63) is 34.9 Å². The number of cyclic esters (lactones) is 2. The van der Waals surface area contributed by atoms with Gasteiger partial charge in [-0.15, -0.1) is 0 Å². The Kier molecular flexibility index (Phi) is 1.65. The standard InChI is InChI=1S/C10H8O3/c1-6-2-4-7-8(5-3-6)10(12)13-9(7)11/h2,4-5H,3H2,1H3. The molecule has 0 aromatic heterocycles. The Hall–Kier alpha value is -1.64. The van der Waals surface area contributed by atoms with E-state index >= 15 is 0 Å². The van der Waals surface area contributed by atoms with Gasteiger partial charge in [0.25, 0.3) is 0 Å². The number of hydrogen-bond acceptors (Lipinski definition) is 3. The third kappa shape index (κ3) is 1.22. The maximum atomic E-state index is 11.1. The van der Waals surface area contributed by atoms with E-state index in [2.05, 4.69) is 4.74 Å². The van der Waals surface area contributed by atoms with Gasteiger partial charge in [0.15, 0.2) is 0 Å². The smallest absolute Gasteiger partial charge is 0.346 e. The van der Waals surface area contributed by atoms with Crippen LogP contribution in [0, 0.1) is 0 Å². The van der Waals surface area contributed by atoms with Gasteiger partial charge in [-0.1, -0.05) is 17.7 Å². The minimum Gasteiger partial charge on any atom is -0.386 e. The molecule has 0 unspecified atom stereocenters. The summed E-state index contributed by atoms with van der Waals surface area (Å²) in [4.78, 5) is 22.2. The highest BCUT2D eigenvalue weighted by Gasteiger charge is 2.33. The van der Waals surface area contributed by atoms with Crippen molar-refractivity contribution < 1.29 is 14.3 Å². The van der Waals surface area contributed by atoms with Gasteiger partial charge in [-0.25, -0.2) is 9.59 Å². The van der Waals surface area contributed by atoms with Crippen LogP contribution in [0.1, 0.15) is 13.3 Å². The van der Waals surface area contributed by atoms with E-state index in [1.54, 1.807) is 12.2 Å². The van der Waals surface area contributed by atoms with Gasteiger partial charge in [0.2, 0.25) is 0 Å². The molecule has 1 aliphatic carbocycles. The molecule has 0 N–H and O–H groups in total. The SMILES string of the molecule is CC1=CC=C2C(=O)OC(=O)C2=CC1. The predicted molar refractivity (Wildman–Crippen MR) is 45.6 cm³/mol. The minimum atomic E-state index is -0.540. The Balaban J connectivity index is 2.51. The molecule has 1 fully saturated rings. The number of carbonyl (C=O) groups excluding carboxylic acids is 2. The van der Waals surface area contributed by atoms with Gasteiger partial charge in [0.05, 0.1) is 11.1 Å². The van der Waals surface area contributed by atoms with Gasteiger partial charge in [0.1, 0.15) is 0 Å². The molecule has 0 bridgehead atoms. The number of hydrogen-bond donors (Lipinski definition) is 0. The van der Waals surface area contributed by atoms with Crippen LogP contribution in [0.15, 0.2) is 34.9 Å². The van der Waals surface area contributed by atoms with Gasteiger partial charge in [-0.2, -0.15) is 0 Å². The Morgan fingerprint density at radius 1 is 1.15 bits per heavy atom. The van der Waals surface area contributed by atoms with Crippen LogP contribution in [0.3, 0.4) is 0 Å². The van der Waals surface area contributed by atoms with E-state index in [-0.39, 0.29) is 0 Å². The average molecular weight is 176 g/mol. The monoisotopic (exact) mass is 176 g/mol.